The largest absolute Gasteiger partial charge is 0.305 e. The summed E-state index contributed by atoms with van der Waals surface area (Å²) in [5, 5.41) is 3.38. The maximum Gasteiger partial charge on any atom is 0.128 e. The van der Waals surface area contributed by atoms with E-state index in [9.17, 15) is 4.39 Å². The van der Waals surface area contributed by atoms with Crippen molar-refractivity contribution in [3.63, 3.8) is 0 Å². The molecule has 0 amide bonds. The molecular formula is C16H19FN2. The van der Waals surface area contributed by atoms with E-state index in [2.05, 4.69) is 17.2 Å². The molecule has 1 heterocycles. The van der Waals surface area contributed by atoms with E-state index in [-0.39, 0.29) is 11.9 Å². The normalized spacial score (nSPS) is 12.4. The predicted octanol–water partition coefficient (Wildman–Crippen LogP) is 3.62. The van der Waals surface area contributed by atoms with Crippen LogP contribution in [0, 0.1) is 12.7 Å². The second-order valence-corrected chi connectivity index (χ2v) is 4.61. The minimum atomic E-state index is -0.193. The highest BCUT2D eigenvalue weighted by atomic mass is 19.1. The number of nitrogens with one attached hydrogen (secondary N) is 1. The summed E-state index contributed by atoms with van der Waals surface area (Å²) >= 11 is 0. The summed E-state index contributed by atoms with van der Waals surface area (Å²) in [7, 11) is 0. The van der Waals surface area contributed by atoms with Gasteiger partial charge in [-0.3, -0.25) is 4.98 Å². The Labute approximate surface area is 113 Å². The molecule has 0 aliphatic rings. The van der Waals surface area contributed by atoms with Gasteiger partial charge in [-0.1, -0.05) is 31.2 Å². The topological polar surface area (TPSA) is 24.9 Å². The third-order valence-corrected chi connectivity index (χ3v) is 3.14. The van der Waals surface area contributed by atoms with Gasteiger partial charge in [-0.25, -0.2) is 4.39 Å². The van der Waals surface area contributed by atoms with Gasteiger partial charge < -0.3 is 5.32 Å². The monoisotopic (exact) mass is 258 g/mol. The standard InChI is InChI=1S/C16H19FN2/c1-3-10-18-16(13-8-4-5-9-14(13)17)15-12(2)7-6-11-19-15/h4-9,11,16,18H,3,10H2,1-2H3. The third kappa shape index (κ3) is 3.18. The first kappa shape index (κ1) is 13.7. The molecular weight excluding hydrogens is 239 g/mol. The molecule has 0 radical (unpaired) electrons. The number of halogens is 1. The van der Waals surface area contributed by atoms with Crippen LogP contribution in [0.15, 0.2) is 42.6 Å². The van der Waals surface area contributed by atoms with Crippen LogP contribution in [0.25, 0.3) is 0 Å². The van der Waals surface area contributed by atoms with Crippen LogP contribution >= 0.6 is 0 Å². The van der Waals surface area contributed by atoms with E-state index < -0.39 is 0 Å². The van der Waals surface area contributed by atoms with Crippen LogP contribution in [-0.4, -0.2) is 11.5 Å². The van der Waals surface area contributed by atoms with Gasteiger partial charge in [0, 0.05) is 11.8 Å². The molecule has 0 fully saturated rings. The van der Waals surface area contributed by atoms with Gasteiger partial charge in [0.15, 0.2) is 0 Å². The van der Waals surface area contributed by atoms with Crippen LogP contribution in [0.1, 0.15) is 36.2 Å². The second-order valence-electron chi connectivity index (χ2n) is 4.61. The first-order chi connectivity index (χ1) is 9.24. The molecule has 3 heteroatoms. The Morgan fingerprint density at radius 3 is 2.68 bits per heavy atom. The highest BCUT2D eigenvalue weighted by Crippen LogP contribution is 2.25. The number of benzene rings is 1. The minimum Gasteiger partial charge on any atom is -0.305 e. The van der Waals surface area contributed by atoms with Crippen molar-refractivity contribution in [1.82, 2.24) is 10.3 Å². The zero-order chi connectivity index (χ0) is 13.7. The van der Waals surface area contributed by atoms with E-state index in [1.54, 1.807) is 12.3 Å². The van der Waals surface area contributed by atoms with Gasteiger partial charge in [-0.2, -0.15) is 0 Å². The summed E-state index contributed by atoms with van der Waals surface area (Å²) in [5.74, 6) is -0.193. The van der Waals surface area contributed by atoms with Gasteiger partial charge >= 0.3 is 0 Å². The van der Waals surface area contributed by atoms with E-state index in [0.717, 1.165) is 24.2 Å². The lowest BCUT2D eigenvalue weighted by Crippen LogP contribution is -2.25. The molecule has 19 heavy (non-hydrogen) atoms. The van der Waals surface area contributed by atoms with E-state index in [1.165, 1.54) is 6.07 Å². The fraction of sp³-hybridized carbons (Fsp3) is 0.312. The molecule has 0 saturated heterocycles. The first-order valence-electron chi connectivity index (χ1n) is 6.63. The molecule has 0 aliphatic carbocycles. The lowest BCUT2D eigenvalue weighted by Gasteiger charge is -2.20. The Morgan fingerprint density at radius 1 is 1.21 bits per heavy atom. The Hall–Kier alpha value is -1.74. The average molecular weight is 258 g/mol. The third-order valence-electron chi connectivity index (χ3n) is 3.14. The molecule has 0 spiro atoms. The molecule has 2 nitrogen and oxygen atoms in total. The molecule has 100 valence electrons. The van der Waals surface area contributed by atoms with E-state index in [1.807, 2.05) is 31.2 Å². The summed E-state index contributed by atoms with van der Waals surface area (Å²) in [6.45, 7) is 4.93. The fourth-order valence-electron chi connectivity index (χ4n) is 2.15. The SMILES string of the molecule is CCCNC(c1ccccc1F)c1ncccc1C. The van der Waals surface area contributed by atoms with Gasteiger partial charge in [0.2, 0.25) is 0 Å². The summed E-state index contributed by atoms with van der Waals surface area (Å²) in [6.07, 6.45) is 2.75. The highest BCUT2D eigenvalue weighted by molar-refractivity contribution is 5.32. The smallest absolute Gasteiger partial charge is 0.128 e. The lowest BCUT2D eigenvalue weighted by molar-refractivity contribution is 0.538. The van der Waals surface area contributed by atoms with Crippen LogP contribution in [0.3, 0.4) is 0 Å². The number of hydrogen-bond acceptors (Lipinski definition) is 2. The van der Waals surface area contributed by atoms with Gasteiger partial charge in [-0.15, -0.1) is 0 Å². The number of pyridine rings is 1. The van der Waals surface area contributed by atoms with Crippen molar-refractivity contribution < 1.29 is 4.39 Å². The summed E-state index contributed by atoms with van der Waals surface area (Å²) in [6, 6.07) is 10.6. The second kappa shape index (κ2) is 6.43. The predicted molar refractivity (Wildman–Crippen MR) is 75.5 cm³/mol. The lowest BCUT2D eigenvalue weighted by atomic mass is 9.99. The molecule has 2 aromatic rings. The van der Waals surface area contributed by atoms with Crippen LogP contribution in [0.2, 0.25) is 0 Å². The van der Waals surface area contributed by atoms with E-state index in [4.69, 9.17) is 0 Å². The number of aromatic nitrogens is 1. The Bertz CT molecular complexity index is 494. The van der Waals surface area contributed by atoms with Crippen LogP contribution in [0.4, 0.5) is 4.39 Å². The Kier molecular flexibility index (Phi) is 4.63. The molecule has 0 saturated carbocycles. The number of rotatable bonds is 5. The zero-order valence-corrected chi connectivity index (χ0v) is 11.4. The van der Waals surface area contributed by atoms with Crippen molar-refractivity contribution in [2.45, 2.75) is 26.3 Å². The quantitative estimate of drug-likeness (QED) is 0.886. The molecule has 1 N–H and O–H groups in total. The van der Waals surface area contributed by atoms with Crippen molar-refractivity contribution >= 4 is 0 Å². The van der Waals surface area contributed by atoms with Gasteiger partial charge in [0.05, 0.1) is 11.7 Å². The van der Waals surface area contributed by atoms with E-state index in [0.29, 0.717) is 5.56 Å². The van der Waals surface area contributed by atoms with Gasteiger partial charge in [0.25, 0.3) is 0 Å². The molecule has 1 aromatic carbocycles. The van der Waals surface area contributed by atoms with Crippen molar-refractivity contribution in [3.05, 3.63) is 65.2 Å². The number of hydrogen-bond donors (Lipinski definition) is 1. The molecule has 1 unspecified atom stereocenters. The summed E-state index contributed by atoms with van der Waals surface area (Å²) in [5.41, 5.74) is 2.61. The van der Waals surface area contributed by atoms with Gasteiger partial charge in [0.1, 0.15) is 5.82 Å². The maximum atomic E-state index is 14.0. The Morgan fingerprint density at radius 2 is 2.00 bits per heavy atom. The van der Waals surface area contributed by atoms with Gasteiger partial charge in [-0.05, 0) is 37.6 Å². The Balaban J connectivity index is 2.42. The summed E-state index contributed by atoms with van der Waals surface area (Å²) < 4.78 is 14.0. The van der Waals surface area contributed by atoms with Crippen molar-refractivity contribution in [1.29, 1.82) is 0 Å². The average Bonchev–Trinajstić information content (AvgIpc) is 2.42. The summed E-state index contributed by atoms with van der Waals surface area (Å²) in [4.78, 5) is 4.42. The van der Waals surface area contributed by atoms with Crippen LogP contribution < -0.4 is 5.32 Å². The van der Waals surface area contributed by atoms with Crippen molar-refractivity contribution in [3.8, 4) is 0 Å². The molecule has 1 aromatic heterocycles. The highest BCUT2D eigenvalue weighted by Gasteiger charge is 2.19. The zero-order valence-electron chi connectivity index (χ0n) is 11.4. The minimum absolute atomic E-state index is 0.192. The van der Waals surface area contributed by atoms with Crippen LogP contribution in [0.5, 0.6) is 0 Å². The first-order valence-corrected chi connectivity index (χ1v) is 6.63. The number of aryl methyl sites for hydroxylation is 1. The maximum absolute atomic E-state index is 14.0. The molecule has 0 bridgehead atoms. The number of nitrogens with zero attached hydrogens (tertiary/aromatic N) is 1. The van der Waals surface area contributed by atoms with E-state index >= 15 is 0 Å². The van der Waals surface area contributed by atoms with Crippen LogP contribution in [-0.2, 0) is 0 Å². The van der Waals surface area contributed by atoms with Crippen molar-refractivity contribution in [2.24, 2.45) is 0 Å². The molecule has 2 rings (SSSR count). The molecule has 1 atom stereocenters. The fourth-order valence-corrected chi connectivity index (χ4v) is 2.15. The molecule has 0 aliphatic heterocycles. The van der Waals surface area contributed by atoms with Crippen molar-refractivity contribution in [2.75, 3.05) is 6.54 Å².